The van der Waals surface area contributed by atoms with E-state index in [9.17, 15) is 9.59 Å². The monoisotopic (exact) mass is 516 g/mol. The molecule has 0 aliphatic heterocycles. The summed E-state index contributed by atoms with van der Waals surface area (Å²) in [6, 6.07) is 32.7. The average Bonchev–Trinajstić information content (AvgIpc) is 3.03. The smallest absolute Gasteiger partial charge is 0.194 e. The van der Waals surface area contributed by atoms with E-state index in [2.05, 4.69) is 36.4 Å². The van der Waals surface area contributed by atoms with Gasteiger partial charge in [0.05, 0.1) is 0 Å². The zero-order chi connectivity index (χ0) is 27.7. The van der Waals surface area contributed by atoms with Gasteiger partial charge in [-0.25, -0.2) is 0 Å². The Balaban J connectivity index is 0.000000636. The molecular formula is C38H28O2. The van der Waals surface area contributed by atoms with Crippen LogP contribution in [0.25, 0.3) is 65.3 Å². The molecule has 2 heteroatoms. The highest BCUT2D eigenvalue weighted by Gasteiger charge is 2.30. The van der Waals surface area contributed by atoms with Crippen LogP contribution in [-0.2, 0) is 0 Å². The van der Waals surface area contributed by atoms with E-state index in [1.54, 1.807) is 0 Å². The Kier molecular flexibility index (Phi) is 5.37. The van der Waals surface area contributed by atoms with Gasteiger partial charge >= 0.3 is 0 Å². The summed E-state index contributed by atoms with van der Waals surface area (Å²) >= 11 is 0. The number of rotatable bonds is 0. The molecule has 0 atom stereocenters. The fourth-order valence-electron chi connectivity index (χ4n) is 6.84. The van der Waals surface area contributed by atoms with Crippen molar-refractivity contribution in [1.29, 1.82) is 0 Å². The molecule has 7 aromatic carbocycles. The number of fused-ring (bicyclic) bond motifs is 6. The van der Waals surface area contributed by atoms with Crippen LogP contribution in [0.3, 0.4) is 0 Å². The summed E-state index contributed by atoms with van der Waals surface area (Å²) in [4.78, 5) is 27.0. The van der Waals surface area contributed by atoms with Crippen molar-refractivity contribution < 1.29 is 9.59 Å². The molecule has 40 heavy (non-hydrogen) atoms. The number of benzene rings is 7. The van der Waals surface area contributed by atoms with Gasteiger partial charge in [0, 0.05) is 33.0 Å². The lowest BCUT2D eigenvalue weighted by Gasteiger charge is -2.25. The quantitative estimate of drug-likeness (QED) is 0.148. The van der Waals surface area contributed by atoms with Gasteiger partial charge in [0.2, 0.25) is 0 Å². The number of carbonyl (C=O) groups is 2. The van der Waals surface area contributed by atoms with Crippen LogP contribution in [0, 0.1) is 0 Å². The molecule has 0 N–H and O–H groups in total. The van der Waals surface area contributed by atoms with E-state index in [4.69, 9.17) is 0 Å². The maximum atomic E-state index is 13.5. The Hall–Kier alpha value is -4.82. The average molecular weight is 517 g/mol. The van der Waals surface area contributed by atoms with Gasteiger partial charge in [0.1, 0.15) is 0 Å². The van der Waals surface area contributed by atoms with Crippen LogP contribution in [0.1, 0.15) is 59.5 Å². The molecule has 0 bridgehead atoms. The Morgan fingerprint density at radius 2 is 0.600 bits per heavy atom. The molecule has 0 radical (unpaired) electrons. The minimum Gasteiger partial charge on any atom is -0.289 e. The molecule has 7 aromatic rings. The van der Waals surface area contributed by atoms with E-state index >= 15 is 0 Å². The highest BCUT2D eigenvalue weighted by Crippen LogP contribution is 2.50. The lowest BCUT2D eigenvalue weighted by Crippen LogP contribution is -2.11. The van der Waals surface area contributed by atoms with E-state index in [1.165, 1.54) is 0 Å². The minimum atomic E-state index is 0.0834. The number of hydrogen-bond acceptors (Lipinski definition) is 2. The molecule has 0 saturated carbocycles. The predicted octanol–water partition coefficient (Wildman–Crippen LogP) is 10.2. The van der Waals surface area contributed by atoms with Gasteiger partial charge in [-0.1, -0.05) is 113 Å². The summed E-state index contributed by atoms with van der Waals surface area (Å²) in [5.41, 5.74) is 7.27. The molecule has 2 aliphatic rings. The van der Waals surface area contributed by atoms with E-state index in [0.717, 1.165) is 87.6 Å². The normalized spacial score (nSPS) is 12.6. The molecular weight excluding hydrogens is 488 g/mol. The van der Waals surface area contributed by atoms with Crippen LogP contribution in [0.15, 0.2) is 97.1 Å². The predicted molar refractivity (Wildman–Crippen MR) is 168 cm³/mol. The minimum absolute atomic E-state index is 0.0834. The van der Waals surface area contributed by atoms with Gasteiger partial charge in [-0.3, -0.25) is 9.59 Å². The molecule has 192 valence electrons. The standard InChI is InChI=1S/C34H16O2.2C2H6/c35-33-25-7-3-1-5-17(25)19-9-11-21-24-14-16-28-32-20(18-6-2-4-8-26(18)34(28)36)10-12-22(30(24)32)23-13-15-27(33)31(19)29(21)23;2*1-2/h1-16H;2*1-2H3. The molecule has 2 aliphatic carbocycles. The van der Waals surface area contributed by atoms with Crippen LogP contribution < -0.4 is 0 Å². The van der Waals surface area contributed by atoms with Gasteiger partial charge in [0.15, 0.2) is 11.6 Å². The van der Waals surface area contributed by atoms with E-state index < -0.39 is 0 Å². The summed E-state index contributed by atoms with van der Waals surface area (Å²) in [5.74, 6) is 0.167. The third-order valence-corrected chi connectivity index (χ3v) is 8.31. The number of hydrogen-bond donors (Lipinski definition) is 0. The number of ketones is 2. The van der Waals surface area contributed by atoms with Crippen molar-refractivity contribution in [3.05, 3.63) is 119 Å². The highest BCUT2D eigenvalue weighted by molar-refractivity contribution is 6.41. The van der Waals surface area contributed by atoms with Crippen molar-refractivity contribution in [3.8, 4) is 22.3 Å². The van der Waals surface area contributed by atoms with E-state index in [1.807, 2.05) is 88.4 Å². The maximum absolute atomic E-state index is 13.5. The topological polar surface area (TPSA) is 34.1 Å². The van der Waals surface area contributed by atoms with Crippen LogP contribution in [-0.4, -0.2) is 11.6 Å². The van der Waals surface area contributed by atoms with Crippen LogP contribution in [0.4, 0.5) is 0 Å². The Morgan fingerprint density at radius 1 is 0.300 bits per heavy atom. The molecule has 0 amide bonds. The molecule has 0 spiro atoms. The summed E-state index contributed by atoms with van der Waals surface area (Å²) < 4.78 is 0. The first-order valence-corrected chi connectivity index (χ1v) is 14.2. The second kappa shape index (κ2) is 8.86. The van der Waals surface area contributed by atoms with Gasteiger partial charge in [-0.05, 0) is 66.7 Å². The second-order valence-corrected chi connectivity index (χ2v) is 9.89. The van der Waals surface area contributed by atoms with Crippen molar-refractivity contribution in [2.24, 2.45) is 0 Å². The fourth-order valence-corrected chi connectivity index (χ4v) is 6.84. The summed E-state index contributed by atoms with van der Waals surface area (Å²) in [5, 5.41) is 8.83. The molecule has 0 saturated heterocycles. The summed E-state index contributed by atoms with van der Waals surface area (Å²) in [6.07, 6.45) is 0. The Morgan fingerprint density at radius 3 is 0.950 bits per heavy atom. The zero-order valence-electron chi connectivity index (χ0n) is 23.1. The molecule has 0 unspecified atom stereocenters. The van der Waals surface area contributed by atoms with Gasteiger partial charge < -0.3 is 0 Å². The second-order valence-electron chi connectivity index (χ2n) is 9.89. The third-order valence-electron chi connectivity index (χ3n) is 8.31. The lowest BCUT2D eigenvalue weighted by molar-refractivity contribution is 0.103. The number of carbonyl (C=O) groups excluding carboxylic acids is 2. The third kappa shape index (κ3) is 2.88. The van der Waals surface area contributed by atoms with Crippen molar-refractivity contribution in [2.45, 2.75) is 27.7 Å². The van der Waals surface area contributed by atoms with Crippen LogP contribution in [0.5, 0.6) is 0 Å². The first-order chi connectivity index (χ1) is 19.7. The summed E-state index contributed by atoms with van der Waals surface area (Å²) in [7, 11) is 0. The Labute approximate surface area is 233 Å². The van der Waals surface area contributed by atoms with Crippen molar-refractivity contribution in [2.75, 3.05) is 0 Å². The Bertz CT molecular complexity index is 2000. The summed E-state index contributed by atoms with van der Waals surface area (Å²) in [6.45, 7) is 8.00. The molecule has 2 nitrogen and oxygen atoms in total. The van der Waals surface area contributed by atoms with Crippen molar-refractivity contribution in [1.82, 2.24) is 0 Å². The first kappa shape index (κ1) is 24.2. The van der Waals surface area contributed by atoms with Crippen LogP contribution in [0.2, 0.25) is 0 Å². The van der Waals surface area contributed by atoms with Gasteiger partial charge in [0.25, 0.3) is 0 Å². The van der Waals surface area contributed by atoms with E-state index in [-0.39, 0.29) is 11.6 Å². The molecule has 0 heterocycles. The van der Waals surface area contributed by atoms with Crippen LogP contribution >= 0.6 is 0 Å². The lowest BCUT2D eigenvalue weighted by atomic mass is 9.77. The SMILES string of the molecule is CC.CC.O=C1c2ccccc2-c2ccc3c4ccc5c6c(ccc(c7ccc1c2c73)c64)-c1ccccc1C5=O. The zero-order valence-corrected chi connectivity index (χ0v) is 23.1. The molecule has 9 rings (SSSR count). The van der Waals surface area contributed by atoms with Gasteiger partial charge in [-0.2, -0.15) is 0 Å². The largest absolute Gasteiger partial charge is 0.289 e. The fraction of sp³-hybridized carbons (Fsp3) is 0.105. The first-order valence-electron chi connectivity index (χ1n) is 14.2. The molecule has 0 fully saturated rings. The van der Waals surface area contributed by atoms with Gasteiger partial charge in [-0.15, -0.1) is 0 Å². The van der Waals surface area contributed by atoms with Crippen molar-refractivity contribution >= 4 is 54.7 Å². The highest BCUT2D eigenvalue weighted by atomic mass is 16.1. The van der Waals surface area contributed by atoms with E-state index in [0.29, 0.717) is 0 Å². The maximum Gasteiger partial charge on any atom is 0.194 e. The van der Waals surface area contributed by atoms with Crippen molar-refractivity contribution in [3.63, 3.8) is 0 Å². The molecule has 0 aromatic heterocycles.